The van der Waals surface area contributed by atoms with Gasteiger partial charge in [0.25, 0.3) is 0 Å². The van der Waals surface area contributed by atoms with E-state index in [1.54, 1.807) is 25.1 Å². The lowest BCUT2D eigenvalue weighted by molar-refractivity contribution is 0.114. The Morgan fingerprint density at radius 2 is 2.05 bits per heavy atom. The van der Waals surface area contributed by atoms with Crippen molar-refractivity contribution in [1.29, 1.82) is 0 Å². The Kier molecular flexibility index (Phi) is 5.78. The standard InChI is InChI=1S/C13H22N2O3S/c1-10(2)9-18-8-7-15-19(16,17)13-6-4-5-12(14)11(13)3/h4-6,10,15H,7-9,14H2,1-3H3. The van der Waals surface area contributed by atoms with Crippen molar-refractivity contribution < 1.29 is 13.2 Å². The Morgan fingerprint density at radius 1 is 1.37 bits per heavy atom. The van der Waals surface area contributed by atoms with Crippen LogP contribution in [0.15, 0.2) is 23.1 Å². The number of nitrogen functional groups attached to an aromatic ring is 1. The summed E-state index contributed by atoms with van der Waals surface area (Å²) in [5.41, 5.74) is 6.75. The largest absolute Gasteiger partial charge is 0.398 e. The maximum Gasteiger partial charge on any atom is 0.240 e. The average Bonchev–Trinajstić information content (AvgIpc) is 2.31. The predicted molar refractivity (Wildman–Crippen MR) is 76.4 cm³/mol. The number of nitrogens with one attached hydrogen (secondary N) is 1. The number of ether oxygens (including phenoxy) is 1. The van der Waals surface area contributed by atoms with Crippen LogP contribution in [0.5, 0.6) is 0 Å². The highest BCUT2D eigenvalue weighted by atomic mass is 32.2. The smallest absolute Gasteiger partial charge is 0.240 e. The van der Waals surface area contributed by atoms with Crippen LogP contribution >= 0.6 is 0 Å². The quantitative estimate of drug-likeness (QED) is 0.588. The minimum atomic E-state index is -3.52. The van der Waals surface area contributed by atoms with Crippen LogP contribution in [0.25, 0.3) is 0 Å². The van der Waals surface area contributed by atoms with Crippen LogP contribution < -0.4 is 10.5 Å². The number of hydrogen-bond acceptors (Lipinski definition) is 4. The molecule has 0 heterocycles. The summed E-state index contributed by atoms with van der Waals surface area (Å²) in [6.45, 7) is 7.01. The van der Waals surface area contributed by atoms with Crippen LogP contribution in [0, 0.1) is 12.8 Å². The van der Waals surface area contributed by atoms with Crippen LogP contribution in [0.1, 0.15) is 19.4 Å². The van der Waals surface area contributed by atoms with E-state index in [2.05, 4.69) is 4.72 Å². The van der Waals surface area contributed by atoms with E-state index >= 15 is 0 Å². The molecule has 0 aliphatic heterocycles. The summed E-state index contributed by atoms with van der Waals surface area (Å²) in [7, 11) is -3.52. The molecule has 0 atom stereocenters. The number of benzene rings is 1. The van der Waals surface area contributed by atoms with E-state index in [0.29, 0.717) is 30.4 Å². The zero-order valence-electron chi connectivity index (χ0n) is 11.6. The third-order valence-electron chi connectivity index (χ3n) is 2.61. The highest BCUT2D eigenvalue weighted by molar-refractivity contribution is 7.89. The predicted octanol–water partition coefficient (Wildman–Crippen LogP) is 1.53. The second-order valence-corrected chi connectivity index (χ2v) is 6.57. The molecule has 0 amide bonds. The molecule has 3 N–H and O–H groups in total. The number of anilines is 1. The van der Waals surface area contributed by atoms with Gasteiger partial charge in [-0.25, -0.2) is 13.1 Å². The van der Waals surface area contributed by atoms with Crippen LogP contribution in [0.4, 0.5) is 5.69 Å². The third-order valence-corrected chi connectivity index (χ3v) is 4.21. The first-order valence-corrected chi connectivity index (χ1v) is 7.75. The van der Waals surface area contributed by atoms with Gasteiger partial charge in [0, 0.05) is 18.8 Å². The Bertz CT molecular complexity index is 513. The SMILES string of the molecule is Cc1c(N)cccc1S(=O)(=O)NCCOCC(C)C. The average molecular weight is 286 g/mol. The third kappa shape index (κ3) is 4.81. The Morgan fingerprint density at radius 3 is 2.68 bits per heavy atom. The summed E-state index contributed by atoms with van der Waals surface area (Å²) in [6.07, 6.45) is 0. The van der Waals surface area contributed by atoms with E-state index in [4.69, 9.17) is 10.5 Å². The van der Waals surface area contributed by atoms with Gasteiger partial charge in [0.15, 0.2) is 0 Å². The van der Waals surface area contributed by atoms with Gasteiger partial charge < -0.3 is 10.5 Å². The van der Waals surface area contributed by atoms with E-state index in [1.807, 2.05) is 13.8 Å². The number of nitrogens with two attached hydrogens (primary N) is 1. The van der Waals surface area contributed by atoms with Crippen molar-refractivity contribution in [3.8, 4) is 0 Å². The van der Waals surface area contributed by atoms with Gasteiger partial charge in [0.1, 0.15) is 0 Å². The van der Waals surface area contributed by atoms with Crippen LogP contribution in [-0.2, 0) is 14.8 Å². The molecule has 0 aliphatic carbocycles. The van der Waals surface area contributed by atoms with Crippen molar-refractivity contribution in [2.24, 2.45) is 5.92 Å². The van der Waals surface area contributed by atoms with Crippen molar-refractivity contribution in [1.82, 2.24) is 4.72 Å². The monoisotopic (exact) mass is 286 g/mol. The molecule has 5 nitrogen and oxygen atoms in total. The molecule has 6 heteroatoms. The lowest BCUT2D eigenvalue weighted by Crippen LogP contribution is -2.28. The van der Waals surface area contributed by atoms with E-state index in [0.717, 1.165) is 0 Å². The van der Waals surface area contributed by atoms with Crippen LogP contribution in [0.2, 0.25) is 0 Å². The second-order valence-electron chi connectivity index (χ2n) is 4.84. The molecule has 0 radical (unpaired) electrons. The van der Waals surface area contributed by atoms with Gasteiger partial charge in [-0.1, -0.05) is 19.9 Å². The first-order valence-electron chi connectivity index (χ1n) is 6.27. The summed E-state index contributed by atoms with van der Waals surface area (Å²) in [5, 5.41) is 0. The molecular weight excluding hydrogens is 264 g/mol. The molecule has 1 rings (SSSR count). The molecule has 0 aliphatic rings. The van der Waals surface area contributed by atoms with Gasteiger partial charge >= 0.3 is 0 Å². The zero-order valence-corrected chi connectivity index (χ0v) is 12.5. The molecule has 0 saturated heterocycles. The van der Waals surface area contributed by atoms with E-state index in [-0.39, 0.29) is 11.4 Å². The van der Waals surface area contributed by atoms with Gasteiger partial charge in [-0.05, 0) is 30.5 Å². The lowest BCUT2D eigenvalue weighted by Gasteiger charge is -2.11. The molecule has 19 heavy (non-hydrogen) atoms. The molecule has 0 fully saturated rings. The van der Waals surface area contributed by atoms with Gasteiger partial charge in [-0.15, -0.1) is 0 Å². The molecular formula is C13H22N2O3S. The summed E-state index contributed by atoms with van der Waals surface area (Å²) in [6, 6.07) is 4.86. The molecule has 1 aromatic carbocycles. The highest BCUT2D eigenvalue weighted by Crippen LogP contribution is 2.19. The van der Waals surface area contributed by atoms with Crippen molar-refractivity contribution in [3.05, 3.63) is 23.8 Å². The number of hydrogen-bond donors (Lipinski definition) is 2. The molecule has 0 bridgehead atoms. The minimum Gasteiger partial charge on any atom is -0.398 e. The fraction of sp³-hybridized carbons (Fsp3) is 0.538. The molecule has 0 spiro atoms. The van der Waals surface area contributed by atoms with Crippen molar-refractivity contribution in [2.75, 3.05) is 25.5 Å². The first kappa shape index (κ1) is 15.9. The van der Waals surface area contributed by atoms with Crippen molar-refractivity contribution >= 4 is 15.7 Å². The molecule has 0 unspecified atom stereocenters. The van der Waals surface area contributed by atoms with Gasteiger partial charge in [-0.2, -0.15) is 0 Å². The van der Waals surface area contributed by atoms with Crippen molar-refractivity contribution in [3.63, 3.8) is 0 Å². The first-order chi connectivity index (χ1) is 8.84. The number of rotatable bonds is 7. The van der Waals surface area contributed by atoms with E-state index < -0.39 is 10.0 Å². The Labute approximate surface area is 115 Å². The maximum absolute atomic E-state index is 12.1. The molecule has 108 valence electrons. The summed E-state index contributed by atoms with van der Waals surface area (Å²) in [5.74, 6) is 0.438. The summed E-state index contributed by atoms with van der Waals surface area (Å²) >= 11 is 0. The highest BCUT2D eigenvalue weighted by Gasteiger charge is 2.16. The minimum absolute atomic E-state index is 0.219. The summed E-state index contributed by atoms with van der Waals surface area (Å²) < 4.78 is 32.0. The Hall–Kier alpha value is -1.11. The lowest BCUT2D eigenvalue weighted by atomic mass is 10.2. The zero-order chi connectivity index (χ0) is 14.5. The normalized spacial score (nSPS) is 12.0. The summed E-state index contributed by atoms with van der Waals surface area (Å²) in [4.78, 5) is 0.219. The van der Waals surface area contributed by atoms with Crippen LogP contribution in [-0.4, -0.2) is 28.2 Å². The maximum atomic E-state index is 12.1. The van der Waals surface area contributed by atoms with Gasteiger partial charge in [0.05, 0.1) is 11.5 Å². The fourth-order valence-corrected chi connectivity index (χ4v) is 2.85. The van der Waals surface area contributed by atoms with Gasteiger partial charge in [-0.3, -0.25) is 0 Å². The van der Waals surface area contributed by atoms with E-state index in [1.165, 1.54) is 0 Å². The Balaban J connectivity index is 2.59. The van der Waals surface area contributed by atoms with Gasteiger partial charge in [0.2, 0.25) is 10.0 Å². The van der Waals surface area contributed by atoms with Crippen LogP contribution in [0.3, 0.4) is 0 Å². The second kappa shape index (κ2) is 6.88. The number of sulfonamides is 1. The molecule has 0 aromatic heterocycles. The molecule has 1 aromatic rings. The van der Waals surface area contributed by atoms with Crippen molar-refractivity contribution in [2.45, 2.75) is 25.7 Å². The molecule has 0 saturated carbocycles. The fourth-order valence-electron chi connectivity index (χ4n) is 1.57. The topological polar surface area (TPSA) is 81.4 Å². The van der Waals surface area contributed by atoms with E-state index in [9.17, 15) is 8.42 Å².